The maximum absolute atomic E-state index is 14.4. The lowest BCUT2D eigenvalue weighted by Crippen LogP contribution is -2.16. The molecule has 0 saturated heterocycles. The summed E-state index contributed by atoms with van der Waals surface area (Å²) >= 11 is 0. The van der Waals surface area contributed by atoms with Gasteiger partial charge in [-0.15, -0.1) is 0 Å². The molecule has 2 aromatic heterocycles. The van der Waals surface area contributed by atoms with E-state index in [9.17, 15) is 22.0 Å². The number of pyridine rings is 1. The number of sulfone groups is 1. The number of aryl methyl sites for hydroxylation is 1. The van der Waals surface area contributed by atoms with Gasteiger partial charge in [0, 0.05) is 42.0 Å². The lowest BCUT2D eigenvalue weighted by atomic mass is 10.0. The van der Waals surface area contributed by atoms with E-state index in [0.717, 1.165) is 6.07 Å². The highest BCUT2D eigenvalue weighted by molar-refractivity contribution is 7.90. The predicted molar refractivity (Wildman–Crippen MR) is 133 cm³/mol. The van der Waals surface area contributed by atoms with Gasteiger partial charge in [-0.3, -0.25) is 4.79 Å². The summed E-state index contributed by atoms with van der Waals surface area (Å²) in [6.07, 6.45) is 3.23. The van der Waals surface area contributed by atoms with Gasteiger partial charge in [-0.1, -0.05) is 24.3 Å². The Morgan fingerprint density at radius 1 is 0.917 bits per heavy atom. The molecule has 0 radical (unpaired) electrons. The Balaban J connectivity index is 1.67. The van der Waals surface area contributed by atoms with Crippen molar-refractivity contribution < 1.29 is 21.9 Å². The number of ether oxygens (including phenoxy) is 1. The smallest absolute Gasteiger partial charge is 0.274 e. The van der Waals surface area contributed by atoms with Crippen LogP contribution >= 0.6 is 0 Å². The quantitative estimate of drug-likeness (QED) is 0.326. The molecule has 0 spiro atoms. The first-order valence-corrected chi connectivity index (χ1v) is 12.6. The molecule has 0 fully saturated rings. The van der Waals surface area contributed by atoms with Gasteiger partial charge in [0.2, 0.25) is 0 Å². The van der Waals surface area contributed by atoms with E-state index >= 15 is 0 Å². The molecule has 9 heteroatoms. The number of fused-ring (bicyclic) bond motifs is 1. The van der Waals surface area contributed by atoms with E-state index in [1.807, 2.05) is 0 Å². The normalized spacial score (nSPS) is 11.6. The lowest BCUT2D eigenvalue weighted by molar-refractivity contribution is 0.439. The van der Waals surface area contributed by atoms with Crippen molar-refractivity contribution in [2.24, 2.45) is 7.05 Å². The van der Waals surface area contributed by atoms with E-state index < -0.39 is 21.5 Å². The molecule has 0 aliphatic heterocycles. The Kier molecular flexibility index (Phi) is 5.93. The molecule has 5 rings (SSSR count). The second-order valence-corrected chi connectivity index (χ2v) is 10.3. The van der Waals surface area contributed by atoms with E-state index in [1.54, 1.807) is 55.8 Å². The van der Waals surface area contributed by atoms with Gasteiger partial charge in [-0.05, 0) is 48.0 Å². The van der Waals surface area contributed by atoms with Crippen molar-refractivity contribution in [3.63, 3.8) is 0 Å². The zero-order valence-electron chi connectivity index (χ0n) is 19.0. The minimum absolute atomic E-state index is 0.190. The fraction of sp³-hybridized carbons (Fsp3) is 0.0741. The number of hydrogen-bond donors (Lipinski definition) is 1. The van der Waals surface area contributed by atoms with Crippen molar-refractivity contribution in [1.82, 2.24) is 9.55 Å². The van der Waals surface area contributed by atoms with Crippen LogP contribution in [0.3, 0.4) is 0 Å². The molecule has 1 N–H and O–H groups in total. The molecule has 3 aromatic carbocycles. The van der Waals surface area contributed by atoms with Crippen molar-refractivity contribution in [2.75, 3.05) is 0 Å². The first kappa shape index (κ1) is 23.5. The standard InChI is InChI=1S/C27H20F2N2O4S/c1-31-15-22(20-11-12-30-26(20)27(31)32)21-13-17(16-36(33,34)19-5-3-2-4-6-19)7-9-24(21)35-25-10-8-18(28)14-23(25)29/h2-15,30H,16H2,1H3. The van der Waals surface area contributed by atoms with E-state index in [-0.39, 0.29) is 27.7 Å². The van der Waals surface area contributed by atoms with Crippen molar-refractivity contribution in [2.45, 2.75) is 10.6 Å². The van der Waals surface area contributed by atoms with Gasteiger partial charge in [-0.2, -0.15) is 0 Å². The van der Waals surface area contributed by atoms with Crippen molar-refractivity contribution >= 4 is 20.7 Å². The Morgan fingerprint density at radius 3 is 2.42 bits per heavy atom. The molecule has 0 saturated carbocycles. The molecule has 0 aliphatic carbocycles. The van der Waals surface area contributed by atoms with Crippen LogP contribution in [0, 0.1) is 11.6 Å². The maximum atomic E-state index is 14.4. The number of H-pyrrole nitrogens is 1. The summed E-state index contributed by atoms with van der Waals surface area (Å²) in [5.41, 5.74) is 1.60. The van der Waals surface area contributed by atoms with Crippen LogP contribution in [0.4, 0.5) is 8.78 Å². The second kappa shape index (κ2) is 9.09. The first-order valence-electron chi connectivity index (χ1n) is 10.9. The van der Waals surface area contributed by atoms with Gasteiger partial charge in [0.05, 0.1) is 10.6 Å². The highest BCUT2D eigenvalue weighted by Crippen LogP contribution is 2.38. The van der Waals surface area contributed by atoms with E-state index in [4.69, 9.17) is 4.74 Å². The fourth-order valence-corrected chi connectivity index (χ4v) is 5.41. The predicted octanol–water partition coefficient (Wildman–Crippen LogP) is 5.58. The summed E-state index contributed by atoms with van der Waals surface area (Å²) in [5, 5.41) is 0.589. The van der Waals surface area contributed by atoms with Crippen LogP contribution in [0.25, 0.3) is 22.0 Å². The van der Waals surface area contributed by atoms with Crippen LogP contribution in [0.2, 0.25) is 0 Å². The number of nitrogens with zero attached hydrogens (tertiary/aromatic N) is 1. The zero-order valence-corrected chi connectivity index (χ0v) is 19.9. The van der Waals surface area contributed by atoms with E-state index in [2.05, 4.69) is 4.98 Å². The van der Waals surface area contributed by atoms with Gasteiger partial charge in [-0.25, -0.2) is 17.2 Å². The summed E-state index contributed by atoms with van der Waals surface area (Å²) in [7, 11) is -2.05. The van der Waals surface area contributed by atoms with Gasteiger partial charge in [0.1, 0.15) is 17.1 Å². The highest BCUT2D eigenvalue weighted by Gasteiger charge is 2.20. The van der Waals surface area contributed by atoms with Gasteiger partial charge < -0.3 is 14.3 Å². The van der Waals surface area contributed by atoms with Crippen LogP contribution in [-0.2, 0) is 22.6 Å². The van der Waals surface area contributed by atoms with Crippen molar-refractivity contribution in [3.05, 3.63) is 113 Å². The molecule has 0 bridgehead atoms. The molecule has 0 aliphatic rings. The fourth-order valence-electron chi connectivity index (χ4n) is 4.06. The number of aromatic amines is 1. The molecule has 6 nitrogen and oxygen atoms in total. The van der Waals surface area contributed by atoms with E-state index in [0.29, 0.717) is 33.7 Å². The third-order valence-electron chi connectivity index (χ3n) is 5.80. The SMILES string of the molecule is Cn1cc(-c2cc(CS(=O)(=O)c3ccccc3)ccc2Oc2ccc(F)cc2F)c2cc[nH]c2c1=O. The molecule has 5 aromatic rings. The summed E-state index contributed by atoms with van der Waals surface area (Å²) in [5.74, 6) is -1.89. The third-order valence-corrected chi connectivity index (χ3v) is 7.50. The third kappa shape index (κ3) is 4.40. The minimum Gasteiger partial charge on any atom is -0.454 e. The van der Waals surface area contributed by atoms with Crippen LogP contribution in [0.15, 0.2) is 94.9 Å². The molecular weight excluding hydrogens is 486 g/mol. The minimum atomic E-state index is -3.65. The number of nitrogens with one attached hydrogen (secondary N) is 1. The van der Waals surface area contributed by atoms with Crippen molar-refractivity contribution in [3.8, 4) is 22.6 Å². The first-order chi connectivity index (χ1) is 17.2. The number of hydrogen-bond acceptors (Lipinski definition) is 4. The van der Waals surface area contributed by atoms with Crippen LogP contribution < -0.4 is 10.3 Å². The van der Waals surface area contributed by atoms with Gasteiger partial charge in [0.25, 0.3) is 5.56 Å². The Hall–Kier alpha value is -4.24. The molecule has 36 heavy (non-hydrogen) atoms. The lowest BCUT2D eigenvalue weighted by Gasteiger charge is -2.16. The Labute approximate surface area is 205 Å². The van der Waals surface area contributed by atoms with Crippen LogP contribution in [-0.4, -0.2) is 18.0 Å². The molecule has 0 unspecified atom stereocenters. The Morgan fingerprint density at radius 2 is 1.67 bits per heavy atom. The topological polar surface area (TPSA) is 81.2 Å². The van der Waals surface area contributed by atoms with Gasteiger partial charge in [0.15, 0.2) is 21.4 Å². The Bertz CT molecular complexity index is 1760. The van der Waals surface area contributed by atoms with E-state index in [1.165, 1.54) is 28.8 Å². The summed E-state index contributed by atoms with van der Waals surface area (Å²) in [6, 6.07) is 17.6. The largest absolute Gasteiger partial charge is 0.454 e. The number of benzene rings is 3. The summed E-state index contributed by atoms with van der Waals surface area (Å²) in [4.78, 5) is 15.7. The number of halogens is 2. The average molecular weight is 507 g/mol. The molecule has 182 valence electrons. The number of aromatic nitrogens is 2. The molecule has 0 atom stereocenters. The molecular formula is C27H20F2N2O4S. The zero-order chi connectivity index (χ0) is 25.4. The molecule has 0 amide bonds. The van der Waals surface area contributed by atoms with Crippen molar-refractivity contribution in [1.29, 1.82) is 0 Å². The second-order valence-electron chi connectivity index (χ2n) is 8.30. The molecule has 2 heterocycles. The van der Waals surface area contributed by atoms with Crippen LogP contribution in [0.5, 0.6) is 11.5 Å². The van der Waals surface area contributed by atoms with Gasteiger partial charge >= 0.3 is 0 Å². The highest BCUT2D eigenvalue weighted by atomic mass is 32.2. The summed E-state index contributed by atoms with van der Waals surface area (Å²) in [6.45, 7) is 0. The summed E-state index contributed by atoms with van der Waals surface area (Å²) < 4.78 is 61.0. The maximum Gasteiger partial charge on any atom is 0.274 e. The number of rotatable bonds is 6. The average Bonchev–Trinajstić information content (AvgIpc) is 3.35. The van der Waals surface area contributed by atoms with Crippen LogP contribution in [0.1, 0.15) is 5.56 Å². The monoisotopic (exact) mass is 506 g/mol.